The van der Waals surface area contributed by atoms with Crippen molar-refractivity contribution in [2.24, 2.45) is 0 Å². The van der Waals surface area contributed by atoms with E-state index < -0.39 is 6.09 Å². The van der Waals surface area contributed by atoms with Crippen LogP contribution in [0.1, 0.15) is 25.5 Å². The molecule has 1 aliphatic rings. The number of allylic oxidation sites excluding steroid dienone is 1. The molecule has 0 aromatic heterocycles. The Morgan fingerprint density at radius 2 is 2.06 bits per heavy atom. The van der Waals surface area contributed by atoms with Crippen molar-refractivity contribution >= 4 is 12.0 Å². The van der Waals surface area contributed by atoms with Gasteiger partial charge < -0.3 is 4.74 Å². The van der Waals surface area contributed by atoms with Crippen molar-refractivity contribution in [3.05, 3.63) is 47.5 Å². The highest BCUT2D eigenvalue weighted by atomic mass is 16.6. The van der Waals surface area contributed by atoms with Crippen molar-refractivity contribution in [1.29, 1.82) is 0 Å². The van der Waals surface area contributed by atoms with E-state index in [9.17, 15) is 9.59 Å². The third-order valence-corrected chi connectivity index (χ3v) is 3.05. The Kier molecular flexibility index (Phi) is 3.46. The number of benzene rings is 1. The van der Waals surface area contributed by atoms with Crippen LogP contribution in [0.5, 0.6) is 0 Å². The van der Waals surface area contributed by atoms with Gasteiger partial charge in [0.25, 0.3) is 5.91 Å². The molecule has 0 radical (unpaired) electrons. The van der Waals surface area contributed by atoms with Gasteiger partial charge in [-0.2, -0.15) is 0 Å². The Balaban J connectivity index is 2.32. The fourth-order valence-corrected chi connectivity index (χ4v) is 1.88. The van der Waals surface area contributed by atoms with E-state index in [0.717, 1.165) is 5.56 Å². The standard InChI is InChI=1S/C14H15NO3/c1-3-10(2)13(16)15-12(9-18-14(15)17)11-7-5-4-6-8-11/h3-8,12H,9H2,1-2H3/b10-3+/t12-/m0/s1. The van der Waals surface area contributed by atoms with Gasteiger partial charge in [0.2, 0.25) is 0 Å². The van der Waals surface area contributed by atoms with E-state index in [1.807, 2.05) is 30.3 Å². The van der Waals surface area contributed by atoms with E-state index in [1.54, 1.807) is 19.9 Å². The average molecular weight is 245 g/mol. The van der Waals surface area contributed by atoms with Crippen LogP contribution in [0.3, 0.4) is 0 Å². The molecule has 1 heterocycles. The largest absolute Gasteiger partial charge is 0.446 e. The van der Waals surface area contributed by atoms with Crippen LogP contribution in [0.2, 0.25) is 0 Å². The SMILES string of the molecule is C/C=C(\C)C(=O)N1C(=O)OC[C@H]1c1ccccc1. The van der Waals surface area contributed by atoms with E-state index in [4.69, 9.17) is 4.74 Å². The molecule has 4 heteroatoms. The average Bonchev–Trinajstić information content (AvgIpc) is 2.80. The Hall–Kier alpha value is -2.10. The molecule has 0 spiro atoms. The van der Waals surface area contributed by atoms with Crippen molar-refractivity contribution in [3.8, 4) is 0 Å². The lowest BCUT2D eigenvalue weighted by Crippen LogP contribution is -2.34. The molecule has 2 rings (SSSR count). The molecule has 0 aliphatic carbocycles. The van der Waals surface area contributed by atoms with Gasteiger partial charge in [0.05, 0.1) is 0 Å². The number of hydrogen-bond acceptors (Lipinski definition) is 3. The molecule has 1 aliphatic heterocycles. The molecule has 0 N–H and O–H groups in total. The predicted octanol–water partition coefficient (Wildman–Crippen LogP) is 2.67. The molecular weight excluding hydrogens is 230 g/mol. The topological polar surface area (TPSA) is 46.6 Å². The number of rotatable bonds is 2. The van der Waals surface area contributed by atoms with Crippen LogP contribution in [0.4, 0.5) is 4.79 Å². The molecule has 94 valence electrons. The summed E-state index contributed by atoms with van der Waals surface area (Å²) in [6.45, 7) is 3.67. The maximum absolute atomic E-state index is 12.1. The second-order valence-electron chi connectivity index (χ2n) is 4.15. The first-order valence-corrected chi connectivity index (χ1v) is 5.83. The smallest absolute Gasteiger partial charge is 0.417 e. The lowest BCUT2D eigenvalue weighted by atomic mass is 10.1. The fourth-order valence-electron chi connectivity index (χ4n) is 1.88. The van der Waals surface area contributed by atoms with Gasteiger partial charge in [-0.05, 0) is 19.4 Å². The lowest BCUT2D eigenvalue weighted by Gasteiger charge is -2.20. The number of cyclic esters (lactones) is 1. The van der Waals surface area contributed by atoms with Crippen molar-refractivity contribution in [3.63, 3.8) is 0 Å². The van der Waals surface area contributed by atoms with Crippen LogP contribution in [0, 0.1) is 0 Å². The number of amides is 2. The summed E-state index contributed by atoms with van der Waals surface area (Å²) in [6, 6.07) is 9.09. The summed E-state index contributed by atoms with van der Waals surface area (Å²) in [6.07, 6.45) is 1.12. The quantitative estimate of drug-likeness (QED) is 0.752. The highest BCUT2D eigenvalue weighted by molar-refractivity contribution is 6.03. The van der Waals surface area contributed by atoms with E-state index in [0.29, 0.717) is 5.57 Å². The van der Waals surface area contributed by atoms with Gasteiger partial charge in [0.15, 0.2) is 0 Å². The lowest BCUT2D eigenvalue weighted by molar-refractivity contribution is -0.125. The van der Waals surface area contributed by atoms with E-state index in [1.165, 1.54) is 4.90 Å². The zero-order chi connectivity index (χ0) is 13.1. The Morgan fingerprint density at radius 1 is 1.39 bits per heavy atom. The van der Waals surface area contributed by atoms with Crippen molar-refractivity contribution in [1.82, 2.24) is 4.90 Å². The van der Waals surface area contributed by atoms with Gasteiger partial charge in [-0.15, -0.1) is 0 Å². The third kappa shape index (κ3) is 2.14. The van der Waals surface area contributed by atoms with Crippen molar-refractivity contribution in [2.45, 2.75) is 19.9 Å². The first kappa shape index (κ1) is 12.4. The van der Waals surface area contributed by atoms with Crippen LogP contribution in [0.15, 0.2) is 42.0 Å². The molecule has 0 bridgehead atoms. The van der Waals surface area contributed by atoms with Crippen LogP contribution in [0.25, 0.3) is 0 Å². The molecule has 1 aromatic rings. The first-order chi connectivity index (χ1) is 8.65. The van der Waals surface area contributed by atoms with E-state index in [2.05, 4.69) is 0 Å². The second kappa shape index (κ2) is 5.04. The normalized spacial score (nSPS) is 19.9. The summed E-state index contributed by atoms with van der Waals surface area (Å²) in [5.41, 5.74) is 1.44. The van der Waals surface area contributed by atoms with Gasteiger partial charge in [-0.3, -0.25) is 4.79 Å². The maximum atomic E-state index is 12.1. The van der Waals surface area contributed by atoms with Crippen molar-refractivity contribution in [2.75, 3.05) is 6.61 Å². The summed E-state index contributed by atoms with van der Waals surface area (Å²) in [4.78, 5) is 25.0. The van der Waals surface area contributed by atoms with Crippen molar-refractivity contribution < 1.29 is 14.3 Å². The Morgan fingerprint density at radius 3 is 2.67 bits per heavy atom. The molecule has 1 atom stereocenters. The Bertz CT molecular complexity index is 493. The van der Waals surface area contributed by atoms with Gasteiger partial charge in [0, 0.05) is 5.57 Å². The molecule has 2 amide bonds. The van der Waals surface area contributed by atoms with Crippen LogP contribution in [-0.4, -0.2) is 23.5 Å². The number of carbonyl (C=O) groups is 2. The molecule has 1 fully saturated rings. The highest BCUT2D eigenvalue weighted by Gasteiger charge is 2.38. The van der Waals surface area contributed by atoms with Gasteiger partial charge >= 0.3 is 6.09 Å². The molecule has 18 heavy (non-hydrogen) atoms. The van der Waals surface area contributed by atoms with E-state index in [-0.39, 0.29) is 18.6 Å². The van der Waals surface area contributed by atoms with Crippen LogP contribution in [-0.2, 0) is 9.53 Å². The highest BCUT2D eigenvalue weighted by Crippen LogP contribution is 2.28. The fraction of sp³-hybridized carbons (Fsp3) is 0.286. The molecule has 1 aromatic carbocycles. The van der Waals surface area contributed by atoms with Gasteiger partial charge in [-0.1, -0.05) is 36.4 Å². The minimum atomic E-state index is -0.574. The summed E-state index contributed by atoms with van der Waals surface area (Å²) in [5, 5.41) is 0. The van der Waals surface area contributed by atoms with Crippen LogP contribution >= 0.6 is 0 Å². The number of ether oxygens (including phenoxy) is 1. The Labute approximate surface area is 106 Å². The number of hydrogen-bond donors (Lipinski definition) is 0. The number of carbonyl (C=O) groups excluding carboxylic acids is 2. The van der Waals surface area contributed by atoms with Gasteiger partial charge in [-0.25, -0.2) is 9.69 Å². The monoisotopic (exact) mass is 245 g/mol. The van der Waals surface area contributed by atoms with E-state index >= 15 is 0 Å². The molecule has 0 saturated carbocycles. The van der Waals surface area contributed by atoms with Gasteiger partial charge in [0.1, 0.15) is 12.6 Å². The maximum Gasteiger partial charge on any atom is 0.417 e. The second-order valence-corrected chi connectivity index (χ2v) is 4.15. The van der Waals surface area contributed by atoms with Crippen LogP contribution < -0.4 is 0 Å². The molecular formula is C14H15NO3. The summed E-state index contributed by atoms with van der Waals surface area (Å²) in [5.74, 6) is -0.297. The molecule has 0 unspecified atom stereocenters. The summed E-state index contributed by atoms with van der Waals surface area (Å²) in [7, 11) is 0. The zero-order valence-electron chi connectivity index (χ0n) is 10.4. The number of nitrogens with zero attached hydrogens (tertiary/aromatic N) is 1. The molecule has 4 nitrogen and oxygen atoms in total. The summed E-state index contributed by atoms with van der Waals surface area (Å²) < 4.78 is 4.99. The predicted molar refractivity (Wildman–Crippen MR) is 66.8 cm³/mol. The zero-order valence-corrected chi connectivity index (χ0v) is 10.4. The minimum absolute atomic E-state index is 0.214. The summed E-state index contributed by atoms with van der Waals surface area (Å²) >= 11 is 0. The minimum Gasteiger partial charge on any atom is -0.446 e. The number of imide groups is 1. The third-order valence-electron chi connectivity index (χ3n) is 3.05. The molecule has 1 saturated heterocycles. The first-order valence-electron chi connectivity index (χ1n) is 5.83.